The van der Waals surface area contributed by atoms with Crippen molar-refractivity contribution in [2.75, 3.05) is 13.1 Å². The monoisotopic (exact) mass is 598 g/mol. The Kier molecular flexibility index (Phi) is 6.42. The molecule has 1 N–H and O–H groups in total. The smallest absolute Gasteiger partial charge is 0.410 e. The number of benzene rings is 2. The number of carbonyl (C=O) groups excluding carboxylic acids is 1. The molecular formula is C35H34N8O2. The highest BCUT2D eigenvalue weighted by molar-refractivity contribution is 6.02. The highest BCUT2D eigenvalue weighted by Gasteiger charge is 2.46. The van der Waals surface area contributed by atoms with E-state index in [0.29, 0.717) is 12.6 Å². The van der Waals surface area contributed by atoms with Crippen molar-refractivity contribution >= 4 is 22.6 Å². The number of rotatable bonds is 5. The molecule has 0 saturated carbocycles. The molecular weight excluding hydrogens is 564 g/mol. The van der Waals surface area contributed by atoms with E-state index in [1.165, 1.54) is 5.56 Å². The molecule has 45 heavy (non-hydrogen) atoms. The van der Waals surface area contributed by atoms with Gasteiger partial charge in [0.15, 0.2) is 5.65 Å². The van der Waals surface area contributed by atoms with Crippen LogP contribution in [0.1, 0.15) is 32.8 Å². The summed E-state index contributed by atoms with van der Waals surface area (Å²) in [6.07, 6.45) is 8.08. The van der Waals surface area contributed by atoms with E-state index >= 15 is 0 Å². The van der Waals surface area contributed by atoms with Gasteiger partial charge in [-0.25, -0.2) is 14.3 Å². The number of piperazine rings is 1. The Morgan fingerprint density at radius 2 is 1.82 bits per heavy atom. The van der Waals surface area contributed by atoms with Crippen molar-refractivity contribution in [3.05, 3.63) is 91.0 Å². The van der Waals surface area contributed by atoms with Gasteiger partial charge in [-0.2, -0.15) is 10.2 Å². The Morgan fingerprint density at radius 1 is 0.978 bits per heavy atom. The number of ether oxygens (including phenoxy) is 1. The minimum atomic E-state index is -0.488. The van der Waals surface area contributed by atoms with E-state index < -0.39 is 5.60 Å². The van der Waals surface area contributed by atoms with Gasteiger partial charge in [-0.1, -0.05) is 30.3 Å². The van der Waals surface area contributed by atoms with Crippen LogP contribution >= 0.6 is 0 Å². The van der Waals surface area contributed by atoms with Crippen LogP contribution in [0.3, 0.4) is 0 Å². The quantitative estimate of drug-likeness (QED) is 0.252. The Bertz CT molecular complexity index is 2040. The van der Waals surface area contributed by atoms with Crippen molar-refractivity contribution in [2.24, 2.45) is 0 Å². The molecule has 2 bridgehead atoms. The standard InChI is InChI=1S/C35H34N8O2/c1-35(2,3)45-34(44)42-21-25-17-26(42)20-41(25)19-22-6-4-7-24(16-22)30-12-15-37-33-31(27-8-5-9-29-28(27)18-38-39-29)32(40-43(30)33)23-10-13-36-14-11-23/h4-16,18,25-26H,17,19-21H2,1-3H3,(H,38,39)/t25-,26-/m0/s1. The number of aromatic nitrogens is 6. The number of hydrogen-bond donors (Lipinski definition) is 1. The van der Waals surface area contributed by atoms with Gasteiger partial charge in [-0.15, -0.1) is 0 Å². The Hall–Kier alpha value is -5.09. The van der Waals surface area contributed by atoms with Crippen molar-refractivity contribution in [3.8, 4) is 33.6 Å². The summed E-state index contributed by atoms with van der Waals surface area (Å²) in [5.74, 6) is 0. The Morgan fingerprint density at radius 3 is 2.62 bits per heavy atom. The Labute approximate surface area is 260 Å². The molecule has 0 unspecified atom stereocenters. The summed E-state index contributed by atoms with van der Waals surface area (Å²) in [6, 6.07) is 21.3. The molecule has 6 aromatic rings. The third kappa shape index (κ3) is 4.91. The molecule has 1 amide bonds. The van der Waals surface area contributed by atoms with Crippen molar-refractivity contribution in [1.82, 2.24) is 39.6 Å². The van der Waals surface area contributed by atoms with E-state index in [1.807, 2.05) is 72.9 Å². The van der Waals surface area contributed by atoms with Crippen LogP contribution in [0, 0.1) is 0 Å². The fraction of sp³-hybridized carbons (Fsp3) is 0.286. The van der Waals surface area contributed by atoms with Gasteiger partial charge in [0.2, 0.25) is 0 Å². The van der Waals surface area contributed by atoms with Crippen molar-refractivity contribution in [2.45, 2.75) is 51.4 Å². The highest BCUT2D eigenvalue weighted by atomic mass is 16.6. The highest BCUT2D eigenvalue weighted by Crippen LogP contribution is 2.39. The molecule has 226 valence electrons. The number of hydrogen-bond acceptors (Lipinski definition) is 7. The number of aromatic amines is 1. The molecule has 2 aliphatic rings. The molecule has 8 rings (SSSR count). The first-order valence-electron chi connectivity index (χ1n) is 15.4. The minimum absolute atomic E-state index is 0.196. The summed E-state index contributed by atoms with van der Waals surface area (Å²) in [7, 11) is 0. The molecule has 6 heterocycles. The number of H-pyrrole nitrogens is 1. The summed E-state index contributed by atoms with van der Waals surface area (Å²) in [5.41, 5.74) is 8.27. The molecule has 4 aromatic heterocycles. The van der Waals surface area contributed by atoms with Crippen LogP contribution < -0.4 is 0 Å². The van der Waals surface area contributed by atoms with E-state index in [-0.39, 0.29) is 12.1 Å². The van der Waals surface area contributed by atoms with Gasteiger partial charge < -0.3 is 9.64 Å². The number of nitrogens with one attached hydrogen (secondary N) is 1. The molecule has 2 aliphatic heterocycles. The van der Waals surface area contributed by atoms with Crippen LogP contribution in [-0.2, 0) is 11.3 Å². The summed E-state index contributed by atoms with van der Waals surface area (Å²) in [4.78, 5) is 26.2. The molecule has 10 nitrogen and oxygen atoms in total. The maximum absolute atomic E-state index is 12.7. The first-order valence-corrected chi connectivity index (χ1v) is 15.4. The van der Waals surface area contributed by atoms with Crippen LogP contribution in [0.5, 0.6) is 0 Å². The lowest BCUT2D eigenvalue weighted by Gasteiger charge is -2.35. The Balaban J connectivity index is 1.13. The average molecular weight is 599 g/mol. The molecule has 2 atom stereocenters. The maximum Gasteiger partial charge on any atom is 0.410 e. The lowest BCUT2D eigenvalue weighted by atomic mass is 9.99. The molecule has 2 fully saturated rings. The molecule has 0 radical (unpaired) electrons. The van der Waals surface area contributed by atoms with Gasteiger partial charge in [0, 0.05) is 66.8 Å². The SMILES string of the molecule is CC(C)(C)OC(=O)N1C[C@@H]2C[C@H]1CN2Cc1cccc(-c2ccnc3c(-c4cccc5[nH]ncc45)c(-c4ccncc4)nn23)c1. The van der Waals surface area contributed by atoms with Gasteiger partial charge >= 0.3 is 6.09 Å². The van der Waals surface area contributed by atoms with Crippen LogP contribution in [0.4, 0.5) is 4.79 Å². The van der Waals surface area contributed by atoms with Crippen LogP contribution in [-0.4, -0.2) is 76.4 Å². The van der Waals surface area contributed by atoms with Gasteiger partial charge in [0.25, 0.3) is 0 Å². The second kappa shape index (κ2) is 10.5. The largest absolute Gasteiger partial charge is 0.444 e. The summed E-state index contributed by atoms with van der Waals surface area (Å²) in [5, 5.41) is 13.6. The van der Waals surface area contributed by atoms with Gasteiger partial charge in [0.1, 0.15) is 11.3 Å². The molecule has 2 saturated heterocycles. The number of nitrogens with zero attached hydrogens (tertiary/aromatic N) is 7. The van der Waals surface area contributed by atoms with Crippen LogP contribution in [0.15, 0.2) is 85.5 Å². The van der Waals surface area contributed by atoms with Crippen molar-refractivity contribution in [3.63, 3.8) is 0 Å². The topological polar surface area (TPSA) is 105 Å². The van der Waals surface area contributed by atoms with Crippen LogP contribution in [0.25, 0.3) is 50.2 Å². The summed E-state index contributed by atoms with van der Waals surface area (Å²) >= 11 is 0. The van der Waals surface area contributed by atoms with Gasteiger partial charge in [0.05, 0.1) is 23.0 Å². The van der Waals surface area contributed by atoms with E-state index in [4.69, 9.17) is 14.8 Å². The zero-order valence-corrected chi connectivity index (χ0v) is 25.5. The zero-order chi connectivity index (χ0) is 30.7. The third-order valence-electron chi connectivity index (χ3n) is 8.82. The van der Waals surface area contributed by atoms with E-state index in [9.17, 15) is 4.79 Å². The number of pyridine rings is 1. The average Bonchev–Trinajstić information content (AvgIpc) is 3.83. The predicted molar refractivity (Wildman–Crippen MR) is 172 cm³/mol. The number of amides is 1. The molecule has 0 spiro atoms. The summed E-state index contributed by atoms with van der Waals surface area (Å²) in [6.45, 7) is 8.13. The van der Waals surface area contributed by atoms with Crippen LogP contribution in [0.2, 0.25) is 0 Å². The zero-order valence-electron chi connectivity index (χ0n) is 25.5. The van der Waals surface area contributed by atoms with Gasteiger partial charge in [-0.05, 0) is 68.7 Å². The van der Waals surface area contributed by atoms with E-state index in [0.717, 1.165) is 69.7 Å². The van der Waals surface area contributed by atoms with E-state index in [2.05, 4.69) is 50.4 Å². The van der Waals surface area contributed by atoms with Gasteiger partial charge in [-0.3, -0.25) is 15.0 Å². The fourth-order valence-electron chi connectivity index (χ4n) is 6.86. The second-order valence-corrected chi connectivity index (χ2v) is 13.0. The summed E-state index contributed by atoms with van der Waals surface area (Å²) < 4.78 is 7.62. The third-order valence-corrected chi connectivity index (χ3v) is 8.82. The minimum Gasteiger partial charge on any atom is -0.444 e. The number of likely N-dealkylation sites (tertiary alicyclic amines) is 2. The molecule has 10 heteroatoms. The first kappa shape index (κ1) is 27.5. The lowest BCUT2D eigenvalue weighted by molar-refractivity contribution is 0.0124. The predicted octanol–water partition coefficient (Wildman–Crippen LogP) is 6.20. The number of fused-ring (bicyclic) bond motifs is 4. The fourth-order valence-corrected chi connectivity index (χ4v) is 6.86. The maximum atomic E-state index is 12.7. The molecule has 2 aromatic carbocycles. The lowest BCUT2D eigenvalue weighted by Crippen LogP contribution is -2.49. The van der Waals surface area contributed by atoms with Crippen molar-refractivity contribution in [1.29, 1.82) is 0 Å². The molecule has 0 aliphatic carbocycles. The number of carbonyl (C=O) groups is 1. The normalized spacial score (nSPS) is 18.3. The van der Waals surface area contributed by atoms with E-state index in [1.54, 1.807) is 12.4 Å². The second-order valence-electron chi connectivity index (χ2n) is 13.0. The first-order chi connectivity index (χ1) is 21.8. The van der Waals surface area contributed by atoms with Crippen molar-refractivity contribution < 1.29 is 9.53 Å².